The third-order valence-corrected chi connectivity index (χ3v) is 3.88. The van der Waals surface area contributed by atoms with Crippen LogP contribution in [0.2, 0.25) is 5.02 Å². The number of nitriles is 1. The Kier molecular flexibility index (Phi) is 3.89. The molecule has 1 aliphatic rings. The maximum atomic E-state index is 9.27. The third-order valence-electron chi connectivity index (χ3n) is 3.57. The molecule has 106 valence electrons. The molecule has 2 heterocycles. The molecule has 0 radical (unpaired) electrons. The topological polar surface area (TPSA) is 64.8 Å². The molecule has 1 aromatic heterocycles. The van der Waals surface area contributed by atoms with E-state index in [1.807, 2.05) is 18.2 Å². The first-order chi connectivity index (χ1) is 10.3. The van der Waals surface area contributed by atoms with Crippen molar-refractivity contribution in [1.82, 2.24) is 9.97 Å². The first-order valence-corrected chi connectivity index (χ1v) is 7.12. The van der Waals surface area contributed by atoms with Crippen molar-refractivity contribution < 1.29 is 0 Å². The van der Waals surface area contributed by atoms with Crippen LogP contribution in [0.15, 0.2) is 36.8 Å². The summed E-state index contributed by atoms with van der Waals surface area (Å²) in [5.74, 6) is 0.823. The zero-order chi connectivity index (χ0) is 14.7. The fourth-order valence-corrected chi connectivity index (χ4v) is 2.78. The first-order valence-electron chi connectivity index (χ1n) is 6.74. The number of hydrogen-bond donors (Lipinski definition) is 1. The predicted molar refractivity (Wildman–Crippen MR) is 82.4 cm³/mol. The molecular weight excluding hydrogens is 286 g/mol. The van der Waals surface area contributed by atoms with Gasteiger partial charge >= 0.3 is 0 Å². The Morgan fingerprint density at radius 1 is 1.38 bits per heavy atom. The second kappa shape index (κ2) is 5.98. The van der Waals surface area contributed by atoms with Gasteiger partial charge in [-0.05, 0) is 24.6 Å². The molecule has 1 fully saturated rings. The third kappa shape index (κ3) is 2.91. The van der Waals surface area contributed by atoms with Crippen molar-refractivity contribution in [3.8, 4) is 6.07 Å². The van der Waals surface area contributed by atoms with Crippen LogP contribution in [0.4, 0.5) is 11.5 Å². The SMILES string of the molecule is N#Cc1c(Cl)cccc1N1CCC(Nc2ccncn2)C1. The van der Waals surface area contributed by atoms with E-state index in [-0.39, 0.29) is 0 Å². The van der Waals surface area contributed by atoms with Crippen molar-refractivity contribution in [3.05, 3.63) is 47.4 Å². The molecule has 6 heteroatoms. The summed E-state index contributed by atoms with van der Waals surface area (Å²) in [6.45, 7) is 1.71. The van der Waals surface area contributed by atoms with Gasteiger partial charge in [-0.15, -0.1) is 0 Å². The summed E-state index contributed by atoms with van der Waals surface area (Å²) in [7, 11) is 0. The van der Waals surface area contributed by atoms with E-state index in [9.17, 15) is 5.26 Å². The zero-order valence-corrected chi connectivity index (χ0v) is 12.1. The molecule has 0 bridgehead atoms. The highest BCUT2D eigenvalue weighted by Gasteiger charge is 2.25. The molecule has 2 aromatic rings. The monoisotopic (exact) mass is 299 g/mol. The molecule has 0 saturated carbocycles. The highest BCUT2D eigenvalue weighted by molar-refractivity contribution is 6.32. The Hall–Kier alpha value is -2.32. The van der Waals surface area contributed by atoms with Gasteiger partial charge in [-0.1, -0.05) is 17.7 Å². The minimum Gasteiger partial charge on any atom is -0.368 e. The molecule has 1 atom stereocenters. The summed E-state index contributed by atoms with van der Waals surface area (Å²) in [4.78, 5) is 10.3. The van der Waals surface area contributed by atoms with Crippen LogP contribution in [-0.4, -0.2) is 29.1 Å². The molecule has 1 N–H and O–H groups in total. The van der Waals surface area contributed by atoms with Crippen LogP contribution >= 0.6 is 11.6 Å². The molecule has 1 saturated heterocycles. The van der Waals surface area contributed by atoms with E-state index in [1.54, 1.807) is 12.3 Å². The van der Waals surface area contributed by atoms with Crippen molar-refractivity contribution in [3.63, 3.8) is 0 Å². The normalized spacial score (nSPS) is 17.5. The van der Waals surface area contributed by atoms with Gasteiger partial charge in [0.05, 0.1) is 16.3 Å². The summed E-state index contributed by atoms with van der Waals surface area (Å²) in [5, 5.41) is 13.2. The fraction of sp³-hybridized carbons (Fsp3) is 0.267. The van der Waals surface area contributed by atoms with Gasteiger partial charge in [-0.3, -0.25) is 0 Å². The summed E-state index contributed by atoms with van der Waals surface area (Å²) in [6, 6.07) is 9.90. The van der Waals surface area contributed by atoms with E-state index in [1.165, 1.54) is 6.33 Å². The molecule has 1 unspecified atom stereocenters. The number of aromatic nitrogens is 2. The lowest BCUT2D eigenvalue weighted by atomic mass is 10.2. The summed E-state index contributed by atoms with van der Waals surface area (Å²) < 4.78 is 0. The van der Waals surface area contributed by atoms with Crippen molar-refractivity contribution in [2.45, 2.75) is 12.5 Å². The minimum atomic E-state index is 0.297. The number of halogens is 1. The Morgan fingerprint density at radius 3 is 3.05 bits per heavy atom. The average Bonchev–Trinajstić information content (AvgIpc) is 2.96. The van der Waals surface area contributed by atoms with Gasteiger partial charge in [0.25, 0.3) is 0 Å². The van der Waals surface area contributed by atoms with Crippen LogP contribution in [0.5, 0.6) is 0 Å². The van der Waals surface area contributed by atoms with Crippen molar-refractivity contribution in [2.75, 3.05) is 23.3 Å². The first kappa shape index (κ1) is 13.7. The molecule has 5 nitrogen and oxygen atoms in total. The van der Waals surface area contributed by atoms with Gasteiger partial charge in [0.15, 0.2) is 0 Å². The van der Waals surface area contributed by atoms with E-state index in [2.05, 4.69) is 26.3 Å². The Balaban J connectivity index is 1.73. The van der Waals surface area contributed by atoms with Gasteiger partial charge in [-0.25, -0.2) is 9.97 Å². The highest BCUT2D eigenvalue weighted by atomic mass is 35.5. The number of rotatable bonds is 3. The van der Waals surface area contributed by atoms with Gasteiger partial charge in [0.1, 0.15) is 18.2 Å². The van der Waals surface area contributed by atoms with Gasteiger partial charge in [-0.2, -0.15) is 5.26 Å². The summed E-state index contributed by atoms with van der Waals surface area (Å²) in [5.41, 5.74) is 1.44. The smallest absolute Gasteiger partial charge is 0.129 e. The fourth-order valence-electron chi connectivity index (χ4n) is 2.57. The number of nitrogens with one attached hydrogen (secondary N) is 1. The number of nitrogens with zero attached hydrogens (tertiary/aromatic N) is 4. The predicted octanol–water partition coefficient (Wildman–Crippen LogP) is 2.69. The van der Waals surface area contributed by atoms with E-state index in [0.717, 1.165) is 31.0 Å². The molecule has 21 heavy (non-hydrogen) atoms. The second-order valence-corrected chi connectivity index (χ2v) is 5.32. The van der Waals surface area contributed by atoms with Crippen molar-refractivity contribution in [1.29, 1.82) is 5.26 Å². The highest BCUT2D eigenvalue weighted by Crippen LogP contribution is 2.29. The number of benzene rings is 1. The van der Waals surface area contributed by atoms with Gasteiger partial charge in [0, 0.05) is 25.3 Å². The summed E-state index contributed by atoms with van der Waals surface area (Å²) >= 11 is 6.09. The van der Waals surface area contributed by atoms with Crippen LogP contribution in [0.3, 0.4) is 0 Å². The van der Waals surface area contributed by atoms with Gasteiger partial charge < -0.3 is 10.2 Å². The number of anilines is 2. The maximum Gasteiger partial charge on any atom is 0.129 e. The van der Waals surface area contributed by atoms with E-state index >= 15 is 0 Å². The lowest BCUT2D eigenvalue weighted by Gasteiger charge is -2.20. The minimum absolute atomic E-state index is 0.297. The quantitative estimate of drug-likeness (QED) is 0.944. The molecule has 1 aromatic carbocycles. The number of hydrogen-bond acceptors (Lipinski definition) is 5. The van der Waals surface area contributed by atoms with E-state index < -0.39 is 0 Å². The molecule has 1 aliphatic heterocycles. The van der Waals surface area contributed by atoms with Crippen molar-refractivity contribution in [2.24, 2.45) is 0 Å². The van der Waals surface area contributed by atoms with E-state index in [4.69, 9.17) is 11.6 Å². The molecule has 0 aliphatic carbocycles. The molecular formula is C15H14ClN5. The van der Waals surface area contributed by atoms with Crippen LogP contribution in [0.25, 0.3) is 0 Å². The lowest BCUT2D eigenvalue weighted by molar-refractivity contribution is 0.799. The maximum absolute atomic E-state index is 9.27. The lowest BCUT2D eigenvalue weighted by Crippen LogP contribution is -2.26. The average molecular weight is 300 g/mol. The molecule has 0 spiro atoms. The molecule has 0 amide bonds. The summed E-state index contributed by atoms with van der Waals surface area (Å²) in [6.07, 6.45) is 4.23. The Morgan fingerprint density at radius 2 is 2.29 bits per heavy atom. The van der Waals surface area contributed by atoms with Crippen LogP contribution in [0.1, 0.15) is 12.0 Å². The van der Waals surface area contributed by atoms with Crippen LogP contribution < -0.4 is 10.2 Å². The van der Waals surface area contributed by atoms with E-state index in [0.29, 0.717) is 16.6 Å². The Bertz CT molecular complexity index is 668. The standard InChI is InChI=1S/C15H14ClN5/c16-13-2-1-3-14(12(13)8-17)21-7-5-11(9-21)20-15-4-6-18-10-19-15/h1-4,6,10-11H,5,7,9H2,(H,18,19,20). The Labute approximate surface area is 128 Å². The van der Waals surface area contributed by atoms with Crippen molar-refractivity contribution >= 4 is 23.1 Å². The van der Waals surface area contributed by atoms with Gasteiger partial charge in [0.2, 0.25) is 0 Å². The molecule has 3 rings (SSSR count). The second-order valence-electron chi connectivity index (χ2n) is 4.92. The zero-order valence-electron chi connectivity index (χ0n) is 11.3. The van der Waals surface area contributed by atoms with Crippen LogP contribution in [0, 0.1) is 11.3 Å². The largest absolute Gasteiger partial charge is 0.368 e. The van der Waals surface area contributed by atoms with Crippen LogP contribution in [-0.2, 0) is 0 Å².